The average Bonchev–Trinajstić information content (AvgIpc) is 2.42. The number of aliphatic hydroxyl groups excluding tert-OH is 1. The SMILES string of the molecule is CCCc1ccc(C(O)c2cc(Cl)ccc2I)cc1. The molecule has 0 spiro atoms. The molecule has 100 valence electrons. The van der Waals surface area contributed by atoms with Gasteiger partial charge in [0.25, 0.3) is 0 Å². The van der Waals surface area contributed by atoms with E-state index >= 15 is 0 Å². The number of aliphatic hydroxyl groups is 1. The third kappa shape index (κ3) is 3.71. The van der Waals surface area contributed by atoms with E-state index in [2.05, 4.69) is 41.6 Å². The summed E-state index contributed by atoms with van der Waals surface area (Å²) < 4.78 is 1.02. The van der Waals surface area contributed by atoms with E-state index in [4.69, 9.17) is 11.6 Å². The van der Waals surface area contributed by atoms with Crippen molar-refractivity contribution in [3.63, 3.8) is 0 Å². The number of rotatable bonds is 4. The summed E-state index contributed by atoms with van der Waals surface area (Å²) >= 11 is 8.22. The molecule has 1 atom stereocenters. The quantitative estimate of drug-likeness (QED) is 0.735. The Morgan fingerprint density at radius 2 is 1.84 bits per heavy atom. The molecule has 19 heavy (non-hydrogen) atoms. The van der Waals surface area contributed by atoms with Crippen LogP contribution in [0.4, 0.5) is 0 Å². The Morgan fingerprint density at radius 3 is 2.47 bits per heavy atom. The van der Waals surface area contributed by atoms with Crippen LogP contribution in [0.5, 0.6) is 0 Å². The van der Waals surface area contributed by atoms with Gasteiger partial charge in [0, 0.05) is 8.59 Å². The first-order valence-corrected chi connectivity index (χ1v) is 7.79. The molecule has 0 saturated carbocycles. The van der Waals surface area contributed by atoms with Gasteiger partial charge >= 0.3 is 0 Å². The maximum absolute atomic E-state index is 10.5. The highest BCUT2D eigenvalue weighted by Gasteiger charge is 2.14. The van der Waals surface area contributed by atoms with Crippen LogP contribution in [0.25, 0.3) is 0 Å². The molecule has 0 radical (unpaired) electrons. The van der Waals surface area contributed by atoms with Crippen LogP contribution in [0.15, 0.2) is 42.5 Å². The molecule has 0 aliphatic carbocycles. The zero-order valence-corrected chi connectivity index (χ0v) is 13.6. The largest absolute Gasteiger partial charge is 0.384 e. The van der Waals surface area contributed by atoms with Crippen molar-refractivity contribution in [3.05, 3.63) is 67.7 Å². The lowest BCUT2D eigenvalue weighted by Gasteiger charge is -2.14. The summed E-state index contributed by atoms with van der Waals surface area (Å²) in [4.78, 5) is 0. The van der Waals surface area contributed by atoms with Gasteiger partial charge in [0.15, 0.2) is 0 Å². The summed E-state index contributed by atoms with van der Waals surface area (Å²) in [6.45, 7) is 2.16. The van der Waals surface area contributed by atoms with E-state index in [1.807, 2.05) is 30.3 Å². The first-order chi connectivity index (χ1) is 9.11. The van der Waals surface area contributed by atoms with E-state index in [1.165, 1.54) is 5.56 Å². The zero-order chi connectivity index (χ0) is 13.8. The Bertz CT molecular complexity index is 551. The first-order valence-electron chi connectivity index (χ1n) is 6.33. The van der Waals surface area contributed by atoms with Crippen molar-refractivity contribution in [3.8, 4) is 0 Å². The smallest absolute Gasteiger partial charge is 0.105 e. The second-order valence-corrected chi connectivity index (χ2v) is 6.16. The predicted octanol–water partition coefficient (Wildman–Crippen LogP) is 4.98. The third-order valence-electron chi connectivity index (χ3n) is 3.09. The van der Waals surface area contributed by atoms with Gasteiger partial charge in [-0.15, -0.1) is 0 Å². The molecule has 0 fully saturated rings. The minimum Gasteiger partial charge on any atom is -0.384 e. The van der Waals surface area contributed by atoms with Crippen LogP contribution in [0, 0.1) is 3.57 Å². The van der Waals surface area contributed by atoms with Gasteiger partial charge in [-0.1, -0.05) is 49.2 Å². The Labute approximate surface area is 132 Å². The van der Waals surface area contributed by atoms with Gasteiger partial charge in [0.1, 0.15) is 6.10 Å². The van der Waals surface area contributed by atoms with Gasteiger partial charge < -0.3 is 5.11 Å². The molecule has 2 aromatic carbocycles. The van der Waals surface area contributed by atoms with Crippen molar-refractivity contribution < 1.29 is 5.11 Å². The van der Waals surface area contributed by atoms with Gasteiger partial charge in [-0.25, -0.2) is 0 Å². The van der Waals surface area contributed by atoms with Gasteiger partial charge in [-0.2, -0.15) is 0 Å². The molecule has 3 heteroatoms. The Balaban J connectivity index is 2.27. The molecule has 0 aliphatic heterocycles. The lowest BCUT2D eigenvalue weighted by Crippen LogP contribution is -2.02. The molecule has 0 heterocycles. The minimum atomic E-state index is -0.624. The Kier molecular flexibility index (Phi) is 5.25. The van der Waals surface area contributed by atoms with Gasteiger partial charge in [0.2, 0.25) is 0 Å². The minimum absolute atomic E-state index is 0.624. The van der Waals surface area contributed by atoms with Crippen LogP contribution in [0.3, 0.4) is 0 Å². The third-order valence-corrected chi connectivity index (χ3v) is 4.30. The van der Waals surface area contributed by atoms with Crippen LogP contribution in [-0.4, -0.2) is 5.11 Å². The fraction of sp³-hybridized carbons (Fsp3) is 0.250. The number of aryl methyl sites for hydroxylation is 1. The van der Waals surface area contributed by atoms with Crippen LogP contribution in [0.1, 0.15) is 36.1 Å². The highest BCUT2D eigenvalue weighted by atomic mass is 127. The van der Waals surface area contributed by atoms with Crippen molar-refractivity contribution in [2.75, 3.05) is 0 Å². The number of benzene rings is 2. The molecular weight excluding hydrogens is 371 g/mol. The van der Waals surface area contributed by atoms with E-state index < -0.39 is 6.10 Å². The van der Waals surface area contributed by atoms with Crippen molar-refractivity contribution in [1.29, 1.82) is 0 Å². The zero-order valence-electron chi connectivity index (χ0n) is 10.7. The molecule has 0 bridgehead atoms. The molecule has 1 N–H and O–H groups in total. The molecule has 0 saturated heterocycles. The summed E-state index contributed by atoms with van der Waals surface area (Å²) in [6, 6.07) is 13.7. The van der Waals surface area contributed by atoms with Crippen LogP contribution < -0.4 is 0 Å². The second-order valence-electron chi connectivity index (χ2n) is 4.56. The summed E-state index contributed by atoms with van der Waals surface area (Å²) in [5.41, 5.74) is 3.07. The van der Waals surface area contributed by atoms with Gasteiger partial charge in [-0.3, -0.25) is 0 Å². The Hall–Kier alpha value is -0.580. The highest BCUT2D eigenvalue weighted by molar-refractivity contribution is 14.1. The topological polar surface area (TPSA) is 20.2 Å². The van der Waals surface area contributed by atoms with Crippen LogP contribution in [-0.2, 0) is 6.42 Å². The van der Waals surface area contributed by atoms with Gasteiger partial charge in [-0.05, 0) is 63.9 Å². The summed E-state index contributed by atoms with van der Waals surface area (Å²) in [5.74, 6) is 0. The van der Waals surface area contributed by atoms with Crippen molar-refractivity contribution in [1.82, 2.24) is 0 Å². The highest BCUT2D eigenvalue weighted by Crippen LogP contribution is 2.28. The first kappa shape index (κ1) is 14.8. The summed E-state index contributed by atoms with van der Waals surface area (Å²) in [6.07, 6.45) is 1.58. The van der Waals surface area contributed by atoms with E-state index in [0.29, 0.717) is 5.02 Å². The molecular formula is C16H16ClIO. The maximum Gasteiger partial charge on any atom is 0.105 e. The predicted molar refractivity (Wildman–Crippen MR) is 88.7 cm³/mol. The summed E-state index contributed by atoms with van der Waals surface area (Å²) in [5, 5.41) is 11.1. The standard InChI is InChI=1S/C16H16ClIO/c1-2-3-11-4-6-12(7-5-11)16(19)14-10-13(17)8-9-15(14)18/h4-10,16,19H,2-3H2,1H3. The lowest BCUT2D eigenvalue weighted by molar-refractivity contribution is 0.219. The molecule has 0 amide bonds. The maximum atomic E-state index is 10.5. The van der Waals surface area contributed by atoms with Crippen molar-refractivity contribution >= 4 is 34.2 Å². The molecule has 1 unspecified atom stereocenters. The van der Waals surface area contributed by atoms with Crippen molar-refractivity contribution in [2.24, 2.45) is 0 Å². The fourth-order valence-electron chi connectivity index (χ4n) is 2.06. The van der Waals surface area contributed by atoms with Crippen LogP contribution in [0.2, 0.25) is 5.02 Å². The second kappa shape index (κ2) is 6.73. The van der Waals surface area contributed by atoms with Crippen molar-refractivity contribution in [2.45, 2.75) is 25.9 Å². The summed E-state index contributed by atoms with van der Waals surface area (Å²) in [7, 11) is 0. The van der Waals surface area contributed by atoms with E-state index in [0.717, 1.165) is 27.5 Å². The molecule has 1 nitrogen and oxygen atoms in total. The number of halogens is 2. The Morgan fingerprint density at radius 1 is 1.16 bits per heavy atom. The number of hydrogen-bond donors (Lipinski definition) is 1. The van der Waals surface area contributed by atoms with E-state index in [9.17, 15) is 5.11 Å². The van der Waals surface area contributed by atoms with E-state index in [-0.39, 0.29) is 0 Å². The molecule has 0 aliphatic rings. The van der Waals surface area contributed by atoms with Crippen LogP contribution >= 0.6 is 34.2 Å². The molecule has 0 aromatic heterocycles. The average molecular weight is 387 g/mol. The normalized spacial score (nSPS) is 12.4. The lowest BCUT2D eigenvalue weighted by atomic mass is 9.99. The van der Waals surface area contributed by atoms with Gasteiger partial charge in [0.05, 0.1) is 0 Å². The molecule has 2 aromatic rings. The number of hydrogen-bond acceptors (Lipinski definition) is 1. The molecule has 2 rings (SSSR count). The van der Waals surface area contributed by atoms with E-state index in [1.54, 1.807) is 0 Å². The monoisotopic (exact) mass is 386 g/mol. The fourth-order valence-corrected chi connectivity index (χ4v) is 2.87.